The largest absolute Gasteiger partial charge is 0.481 e. The van der Waals surface area contributed by atoms with Gasteiger partial charge in [0.25, 0.3) is 5.56 Å². The minimum absolute atomic E-state index is 0.0916. The van der Waals surface area contributed by atoms with Crippen molar-refractivity contribution in [1.29, 1.82) is 0 Å². The fourth-order valence-electron chi connectivity index (χ4n) is 6.65. The highest BCUT2D eigenvalue weighted by Gasteiger charge is 2.24. The van der Waals surface area contributed by atoms with Crippen LogP contribution in [-0.4, -0.2) is 70.4 Å². The number of hydrogen-bond donors (Lipinski definition) is 4. The number of aliphatic hydroxyl groups excluding tert-OH is 1. The molecule has 0 saturated carbocycles. The number of rotatable bonds is 11. The number of pyridine rings is 2. The topological polar surface area (TPSA) is 139 Å². The van der Waals surface area contributed by atoms with Gasteiger partial charge >= 0.3 is 0 Å². The van der Waals surface area contributed by atoms with Gasteiger partial charge in [0.15, 0.2) is 0 Å². The minimum atomic E-state index is -0.616. The molecule has 13 heteroatoms. The SMILES string of the molecule is COc1nc(-c2cccc(-c3cccc(-c4ccn5c(=O)c(CN[C@@H]6CCOC[C@H]6O)cnc5c4)c3Cl)c2Cl)ccc1CNCC1CCC(=O)N1. The second kappa shape index (κ2) is 15.5. The molecule has 4 N–H and O–H groups in total. The lowest BCUT2D eigenvalue weighted by atomic mass is 9.97. The van der Waals surface area contributed by atoms with Crippen LogP contribution in [0, 0.1) is 0 Å². The highest BCUT2D eigenvalue weighted by atomic mass is 35.5. The number of amides is 1. The Kier molecular flexibility index (Phi) is 10.6. The van der Waals surface area contributed by atoms with Crippen LogP contribution in [0.25, 0.3) is 39.2 Å². The highest BCUT2D eigenvalue weighted by molar-refractivity contribution is 6.39. The molecule has 0 bridgehead atoms. The second-order valence-corrected chi connectivity index (χ2v) is 13.5. The van der Waals surface area contributed by atoms with E-state index in [1.807, 2.05) is 60.7 Å². The summed E-state index contributed by atoms with van der Waals surface area (Å²) in [5, 5.41) is 20.8. The smallest absolute Gasteiger partial charge is 0.262 e. The van der Waals surface area contributed by atoms with Gasteiger partial charge in [-0.05, 0) is 36.6 Å². The summed E-state index contributed by atoms with van der Waals surface area (Å²) in [5.74, 6) is 0.580. The van der Waals surface area contributed by atoms with Crippen molar-refractivity contribution in [3.05, 3.63) is 105 Å². The van der Waals surface area contributed by atoms with E-state index in [0.717, 1.165) is 39.8 Å². The monoisotopic (exact) mass is 728 g/mol. The maximum atomic E-state index is 13.3. The summed E-state index contributed by atoms with van der Waals surface area (Å²) in [6.07, 6.45) is 4.72. The third-order valence-corrected chi connectivity index (χ3v) is 10.3. The third kappa shape index (κ3) is 7.50. The van der Waals surface area contributed by atoms with Crippen molar-refractivity contribution in [2.75, 3.05) is 26.9 Å². The molecule has 2 saturated heterocycles. The molecule has 5 heterocycles. The molecule has 2 aliphatic heterocycles. The van der Waals surface area contributed by atoms with Gasteiger partial charge in [0.1, 0.15) is 5.65 Å². The van der Waals surface area contributed by atoms with Gasteiger partial charge < -0.3 is 30.5 Å². The van der Waals surface area contributed by atoms with Crippen LogP contribution in [0.5, 0.6) is 5.88 Å². The fourth-order valence-corrected chi connectivity index (χ4v) is 7.31. The van der Waals surface area contributed by atoms with Crippen LogP contribution >= 0.6 is 23.2 Å². The zero-order valence-corrected chi connectivity index (χ0v) is 29.5. The summed E-state index contributed by atoms with van der Waals surface area (Å²) in [6.45, 7) is 2.34. The molecule has 1 amide bonds. The van der Waals surface area contributed by atoms with E-state index in [1.54, 1.807) is 19.5 Å². The number of aliphatic hydroxyl groups is 1. The molecule has 0 spiro atoms. The first kappa shape index (κ1) is 35.1. The number of benzene rings is 2. The van der Waals surface area contributed by atoms with Crippen molar-refractivity contribution < 1.29 is 19.4 Å². The number of aromatic nitrogens is 3. The van der Waals surface area contributed by atoms with Crippen LogP contribution in [0.1, 0.15) is 30.4 Å². The van der Waals surface area contributed by atoms with E-state index >= 15 is 0 Å². The van der Waals surface area contributed by atoms with Crippen molar-refractivity contribution in [1.82, 2.24) is 30.3 Å². The summed E-state index contributed by atoms with van der Waals surface area (Å²) >= 11 is 14.2. The van der Waals surface area contributed by atoms with E-state index in [1.165, 1.54) is 4.40 Å². The lowest BCUT2D eigenvalue weighted by molar-refractivity contribution is -0.119. The van der Waals surface area contributed by atoms with Crippen LogP contribution in [0.4, 0.5) is 0 Å². The van der Waals surface area contributed by atoms with Gasteiger partial charge in [-0.2, -0.15) is 0 Å². The first-order chi connectivity index (χ1) is 24.8. The van der Waals surface area contributed by atoms with Gasteiger partial charge in [-0.15, -0.1) is 0 Å². The summed E-state index contributed by atoms with van der Waals surface area (Å²) in [5.41, 5.74) is 6.13. The van der Waals surface area contributed by atoms with Crippen LogP contribution in [-0.2, 0) is 22.6 Å². The van der Waals surface area contributed by atoms with Gasteiger partial charge in [0.2, 0.25) is 11.8 Å². The maximum absolute atomic E-state index is 13.3. The van der Waals surface area contributed by atoms with E-state index in [0.29, 0.717) is 65.4 Å². The molecule has 3 atom stereocenters. The summed E-state index contributed by atoms with van der Waals surface area (Å²) in [6, 6.07) is 19.1. The van der Waals surface area contributed by atoms with Gasteiger partial charge in [0, 0.05) is 85.0 Å². The number of methoxy groups -OCH3 is 1. The van der Waals surface area contributed by atoms with Crippen molar-refractivity contribution in [3.63, 3.8) is 0 Å². The number of carbonyl (C=O) groups excluding carboxylic acids is 1. The van der Waals surface area contributed by atoms with Gasteiger partial charge in [-0.1, -0.05) is 65.7 Å². The highest BCUT2D eigenvalue weighted by Crippen LogP contribution is 2.42. The van der Waals surface area contributed by atoms with Crippen LogP contribution < -0.4 is 26.2 Å². The number of nitrogens with one attached hydrogen (secondary N) is 3. The van der Waals surface area contributed by atoms with Crippen molar-refractivity contribution in [2.45, 2.75) is 50.5 Å². The van der Waals surface area contributed by atoms with Crippen LogP contribution in [0.2, 0.25) is 10.0 Å². The normalized spacial score (nSPS) is 19.0. The van der Waals surface area contributed by atoms with E-state index in [4.69, 9.17) is 37.7 Å². The quantitative estimate of drug-likeness (QED) is 0.148. The number of fused-ring (bicyclic) bond motifs is 1. The molecule has 0 aliphatic carbocycles. The Bertz CT molecular complexity index is 2140. The van der Waals surface area contributed by atoms with E-state index in [-0.39, 0.29) is 36.7 Å². The molecule has 2 aromatic carbocycles. The second-order valence-electron chi connectivity index (χ2n) is 12.8. The molecule has 51 heavy (non-hydrogen) atoms. The first-order valence-electron chi connectivity index (χ1n) is 16.9. The van der Waals surface area contributed by atoms with Crippen molar-refractivity contribution in [2.24, 2.45) is 0 Å². The number of ether oxygens (including phenoxy) is 2. The zero-order valence-electron chi connectivity index (χ0n) is 28.0. The average molecular weight is 730 g/mol. The number of nitrogens with zero attached hydrogens (tertiary/aromatic N) is 3. The molecule has 3 aromatic heterocycles. The van der Waals surface area contributed by atoms with Gasteiger partial charge in [0.05, 0.1) is 41.1 Å². The number of carbonyl (C=O) groups is 1. The summed E-state index contributed by atoms with van der Waals surface area (Å²) in [7, 11) is 1.59. The lowest BCUT2D eigenvalue weighted by Gasteiger charge is -2.28. The minimum Gasteiger partial charge on any atom is -0.481 e. The molecule has 2 aliphatic rings. The molecule has 7 rings (SSSR count). The van der Waals surface area contributed by atoms with E-state index < -0.39 is 6.10 Å². The van der Waals surface area contributed by atoms with Crippen LogP contribution in [0.15, 0.2) is 77.9 Å². The van der Waals surface area contributed by atoms with Crippen molar-refractivity contribution >= 4 is 34.8 Å². The van der Waals surface area contributed by atoms with Gasteiger partial charge in [-0.3, -0.25) is 14.0 Å². The first-order valence-corrected chi connectivity index (χ1v) is 17.7. The van der Waals surface area contributed by atoms with Crippen molar-refractivity contribution in [3.8, 4) is 39.4 Å². The molecule has 2 fully saturated rings. The van der Waals surface area contributed by atoms with E-state index in [2.05, 4.69) is 20.9 Å². The van der Waals surface area contributed by atoms with Crippen LogP contribution in [0.3, 0.4) is 0 Å². The predicted molar refractivity (Wildman–Crippen MR) is 197 cm³/mol. The number of hydrogen-bond acceptors (Lipinski definition) is 9. The molecular formula is C38H38Cl2N6O5. The molecule has 0 radical (unpaired) electrons. The predicted octanol–water partition coefficient (Wildman–Crippen LogP) is 5.01. The third-order valence-electron chi connectivity index (χ3n) is 9.46. The Morgan fingerprint density at radius 3 is 2.49 bits per heavy atom. The number of halogens is 2. The molecular weight excluding hydrogens is 691 g/mol. The van der Waals surface area contributed by atoms with E-state index in [9.17, 15) is 14.7 Å². The van der Waals surface area contributed by atoms with Gasteiger partial charge in [-0.25, -0.2) is 9.97 Å². The zero-order chi connectivity index (χ0) is 35.5. The Morgan fingerprint density at radius 1 is 0.980 bits per heavy atom. The maximum Gasteiger partial charge on any atom is 0.262 e. The Balaban J connectivity index is 1.12. The lowest BCUT2D eigenvalue weighted by Crippen LogP contribution is -2.46. The summed E-state index contributed by atoms with van der Waals surface area (Å²) < 4.78 is 12.5. The molecule has 11 nitrogen and oxygen atoms in total. The fraction of sp³-hybridized carbons (Fsp3) is 0.316. The standard InChI is InChI=1S/C38H38Cl2N6O5/c1-50-37-23(17-41-20-25-9-11-34(48)44-25)8-10-30(45-37)29-7-3-6-28(36(29)40)27-5-2-4-26(35(27)39)22-12-14-46-33(16-22)43-19-24(38(46)49)18-42-31-13-15-51-21-32(31)47/h2-8,10,12,14,16,19,25,31-32,41-42,47H,9,11,13,15,17-18,20-21H2,1H3,(H,44,48)/t25?,31-,32-/m1/s1. The average Bonchev–Trinajstić information content (AvgIpc) is 3.57. The Morgan fingerprint density at radius 2 is 1.75 bits per heavy atom. The summed E-state index contributed by atoms with van der Waals surface area (Å²) in [4.78, 5) is 34.2. The Hall–Kier alpha value is -4.36. The molecule has 1 unspecified atom stereocenters. The Labute approximate surface area is 305 Å². The molecule has 264 valence electrons. The molecule has 5 aromatic rings.